The maximum Gasteiger partial charge on any atom is 0.345 e. The second-order valence-corrected chi connectivity index (χ2v) is 6.09. The van der Waals surface area contributed by atoms with Gasteiger partial charge in [0, 0.05) is 9.86 Å². The minimum Gasteiger partial charge on any atom is -0.493 e. The normalized spacial score (nSPS) is 10.9. The molecular weight excluding hydrogens is 344 g/mol. The Bertz CT molecular complexity index is 856. The Balaban J connectivity index is 2.31. The number of thiazole rings is 1. The van der Waals surface area contributed by atoms with Crippen LogP contribution in [0.2, 0.25) is 0 Å². The summed E-state index contributed by atoms with van der Waals surface area (Å²) in [6.07, 6.45) is 1.69. The van der Waals surface area contributed by atoms with Crippen LogP contribution in [0.15, 0.2) is 38.1 Å². The van der Waals surface area contributed by atoms with Gasteiger partial charge in [-0.3, -0.25) is 5.73 Å². The summed E-state index contributed by atoms with van der Waals surface area (Å²) in [7, 11) is 1.53. The molecule has 7 heteroatoms. The zero-order valence-electron chi connectivity index (χ0n) is 10.4. The summed E-state index contributed by atoms with van der Waals surface area (Å²) in [6, 6.07) is 5.39. The molecule has 0 aliphatic heterocycles. The highest BCUT2D eigenvalue weighted by Crippen LogP contribution is 2.32. The van der Waals surface area contributed by atoms with Gasteiger partial charge in [0.05, 0.1) is 17.6 Å². The van der Waals surface area contributed by atoms with Crippen molar-refractivity contribution in [3.8, 4) is 16.2 Å². The minimum atomic E-state index is -0.423. The van der Waals surface area contributed by atoms with Crippen LogP contribution in [0.3, 0.4) is 0 Å². The number of halogens is 1. The monoisotopic (exact) mass is 353 g/mol. The van der Waals surface area contributed by atoms with Gasteiger partial charge in [-0.1, -0.05) is 15.9 Å². The number of ether oxygens (including phenoxy) is 1. The molecular formula is C13H10BrN2O3S+. The van der Waals surface area contributed by atoms with E-state index in [0.717, 1.165) is 14.7 Å². The van der Waals surface area contributed by atoms with Crippen LogP contribution in [0.5, 0.6) is 5.75 Å². The van der Waals surface area contributed by atoms with Gasteiger partial charge in [0.15, 0.2) is 11.3 Å². The quantitative estimate of drug-likeness (QED) is 0.718. The van der Waals surface area contributed by atoms with E-state index in [9.17, 15) is 4.79 Å². The zero-order valence-corrected chi connectivity index (χ0v) is 12.8. The number of methoxy groups -OCH3 is 1. The maximum atomic E-state index is 12.1. The molecule has 0 amide bonds. The summed E-state index contributed by atoms with van der Waals surface area (Å²) in [5.41, 5.74) is 6.13. The first-order valence-corrected chi connectivity index (χ1v) is 7.28. The van der Waals surface area contributed by atoms with Gasteiger partial charge in [0.1, 0.15) is 6.20 Å². The predicted molar refractivity (Wildman–Crippen MR) is 81.0 cm³/mol. The first kappa shape index (κ1) is 13.1. The summed E-state index contributed by atoms with van der Waals surface area (Å²) in [5.74, 6) is 0.510. The van der Waals surface area contributed by atoms with Crippen molar-refractivity contribution in [2.75, 3.05) is 12.8 Å². The third-order valence-corrected chi connectivity index (χ3v) is 4.17. The van der Waals surface area contributed by atoms with Crippen molar-refractivity contribution in [1.29, 1.82) is 0 Å². The van der Waals surface area contributed by atoms with E-state index in [2.05, 4.69) is 20.9 Å². The Kier molecular flexibility index (Phi) is 3.23. The van der Waals surface area contributed by atoms with E-state index in [1.165, 1.54) is 18.4 Å². The van der Waals surface area contributed by atoms with Crippen molar-refractivity contribution in [2.45, 2.75) is 0 Å². The highest BCUT2D eigenvalue weighted by Gasteiger charge is 2.15. The van der Waals surface area contributed by atoms with Crippen LogP contribution in [0, 0.1) is 0 Å². The highest BCUT2D eigenvalue weighted by molar-refractivity contribution is 9.10. The SMILES string of the molecule is COc1cc(Br)cc2cc(-c3c[nH+]c(N)s3)c(=O)oc12. The third kappa shape index (κ3) is 2.19. The van der Waals surface area contributed by atoms with Crippen LogP contribution in [-0.2, 0) is 0 Å². The molecule has 0 aliphatic rings. The highest BCUT2D eigenvalue weighted by atomic mass is 79.9. The van der Waals surface area contributed by atoms with E-state index < -0.39 is 5.63 Å². The summed E-state index contributed by atoms with van der Waals surface area (Å²) in [4.78, 5) is 15.7. The molecule has 1 aromatic carbocycles. The summed E-state index contributed by atoms with van der Waals surface area (Å²) < 4.78 is 11.5. The largest absolute Gasteiger partial charge is 0.493 e. The molecule has 0 aliphatic carbocycles. The van der Waals surface area contributed by atoms with Gasteiger partial charge in [-0.25, -0.2) is 9.78 Å². The van der Waals surface area contributed by atoms with Crippen molar-refractivity contribution in [3.63, 3.8) is 0 Å². The van der Waals surface area contributed by atoms with Gasteiger partial charge in [-0.2, -0.15) is 0 Å². The second kappa shape index (κ2) is 4.92. The standard InChI is InChI=1S/C13H9BrN2O3S/c1-18-9-4-7(14)2-6-3-8(12(17)19-11(6)9)10-5-16-13(15)20-10/h2-5H,1H3,(H2,15,16)/p+1. The van der Waals surface area contributed by atoms with E-state index in [1.807, 2.05) is 6.07 Å². The van der Waals surface area contributed by atoms with Crippen LogP contribution >= 0.6 is 27.3 Å². The van der Waals surface area contributed by atoms with Gasteiger partial charge in [0.25, 0.3) is 0 Å². The lowest BCUT2D eigenvalue weighted by molar-refractivity contribution is -0.353. The number of H-pyrrole nitrogens is 1. The number of aromatic amines is 1. The summed E-state index contributed by atoms with van der Waals surface area (Å²) in [6.45, 7) is 0. The van der Waals surface area contributed by atoms with Crippen molar-refractivity contribution < 1.29 is 14.1 Å². The van der Waals surface area contributed by atoms with Gasteiger partial charge in [-0.05, 0) is 29.5 Å². The smallest absolute Gasteiger partial charge is 0.345 e. The molecule has 20 heavy (non-hydrogen) atoms. The van der Waals surface area contributed by atoms with Crippen LogP contribution in [0.4, 0.5) is 5.13 Å². The number of hydrogen-bond acceptors (Lipinski definition) is 5. The fourth-order valence-corrected chi connectivity index (χ4v) is 3.12. The fourth-order valence-electron chi connectivity index (χ4n) is 1.94. The first-order chi connectivity index (χ1) is 9.58. The molecule has 5 nitrogen and oxygen atoms in total. The van der Waals surface area contributed by atoms with Gasteiger partial charge in [-0.15, -0.1) is 0 Å². The first-order valence-electron chi connectivity index (χ1n) is 5.67. The predicted octanol–water partition coefficient (Wildman–Crippen LogP) is 2.69. The molecule has 2 heterocycles. The Morgan fingerprint density at radius 1 is 1.40 bits per heavy atom. The zero-order chi connectivity index (χ0) is 14.3. The lowest BCUT2D eigenvalue weighted by Gasteiger charge is -2.05. The van der Waals surface area contributed by atoms with E-state index >= 15 is 0 Å². The average molecular weight is 354 g/mol. The molecule has 0 fully saturated rings. The Hall–Kier alpha value is -1.86. The molecule has 0 saturated heterocycles. The molecule has 0 saturated carbocycles. The number of hydrogen-bond donors (Lipinski definition) is 1. The molecule has 0 spiro atoms. The van der Waals surface area contributed by atoms with Gasteiger partial charge < -0.3 is 9.15 Å². The van der Waals surface area contributed by atoms with Crippen LogP contribution in [0.1, 0.15) is 0 Å². The Labute approximate surface area is 126 Å². The Morgan fingerprint density at radius 3 is 2.85 bits per heavy atom. The molecule has 3 aromatic rings. The topological polar surface area (TPSA) is 79.6 Å². The number of aromatic nitrogens is 1. The van der Waals surface area contributed by atoms with Gasteiger partial charge >= 0.3 is 10.8 Å². The van der Waals surface area contributed by atoms with Crippen molar-refractivity contribution in [2.24, 2.45) is 0 Å². The molecule has 102 valence electrons. The van der Waals surface area contributed by atoms with Gasteiger partial charge in [0.2, 0.25) is 0 Å². The molecule has 0 atom stereocenters. The summed E-state index contributed by atoms with van der Waals surface area (Å²) >= 11 is 4.70. The van der Waals surface area contributed by atoms with Crippen molar-refractivity contribution >= 4 is 43.4 Å². The molecule has 2 aromatic heterocycles. The Morgan fingerprint density at radius 2 is 2.20 bits per heavy atom. The minimum absolute atomic E-state index is 0.423. The van der Waals surface area contributed by atoms with Crippen LogP contribution in [-0.4, -0.2) is 7.11 Å². The van der Waals surface area contributed by atoms with Crippen molar-refractivity contribution in [1.82, 2.24) is 0 Å². The molecule has 0 unspecified atom stereocenters. The van der Waals surface area contributed by atoms with E-state index in [4.69, 9.17) is 14.9 Å². The molecule has 0 bridgehead atoms. The molecule has 3 rings (SSSR count). The molecule has 3 N–H and O–H groups in total. The van der Waals surface area contributed by atoms with E-state index in [0.29, 0.717) is 22.0 Å². The lowest BCUT2D eigenvalue weighted by Crippen LogP contribution is -2.04. The third-order valence-electron chi connectivity index (χ3n) is 2.81. The number of nitrogen functional groups attached to an aromatic ring is 1. The number of nitrogens with one attached hydrogen (secondary N) is 1. The van der Waals surface area contributed by atoms with E-state index in [1.54, 1.807) is 18.3 Å². The second-order valence-electron chi connectivity index (χ2n) is 4.09. The van der Waals surface area contributed by atoms with Crippen LogP contribution < -0.4 is 21.1 Å². The number of nitrogens with two attached hydrogens (primary N) is 1. The summed E-state index contributed by atoms with van der Waals surface area (Å²) in [5, 5.41) is 1.31. The maximum absolute atomic E-state index is 12.1. The van der Waals surface area contributed by atoms with Crippen LogP contribution in [0.25, 0.3) is 21.4 Å². The van der Waals surface area contributed by atoms with Crippen molar-refractivity contribution in [3.05, 3.63) is 39.3 Å². The molecule has 0 radical (unpaired) electrons. The number of rotatable bonds is 2. The average Bonchev–Trinajstić information content (AvgIpc) is 2.84. The van der Waals surface area contributed by atoms with E-state index in [-0.39, 0.29) is 0 Å². The number of benzene rings is 1. The number of fused-ring (bicyclic) bond motifs is 1. The number of anilines is 1. The fraction of sp³-hybridized carbons (Fsp3) is 0.0769. The lowest BCUT2D eigenvalue weighted by atomic mass is 10.1.